The first kappa shape index (κ1) is 17.2. The number of hydrogen-bond donors (Lipinski definition) is 0. The molecule has 0 aromatic carbocycles. The summed E-state index contributed by atoms with van der Waals surface area (Å²) in [5, 5.41) is 11.7. The van der Waals surface area contributed by atoms with Crippen LogP contribution in [0.5, 0.6) is 5.88 Å². The number of ketones is 1. The zero-order chi connectivity index (χ0) is 13.2. The maximum Gasteiger partial charge on any atom is 1.00 e. The van der Waals surface area contributed by atoms with Crippen LogP contribution in [-0.2, 0) is 7.05 Å². The molecule has 0 saturated heterocycles. The average molecular weight is 261 g/mol. The van der Waals surface area contributed by atoms with Gasteiger partial charge in [0.25, 0.3) is 5.56 Å². The van der Waals surface area contributed by atoms with Crippen LogP contribution < -0.4 is 45.1 Å². The van der Waals surface area contributed by atoms with Gasteiger partial charge in [-0.1, -0.05) is 6.92 Å². The fraction of sp³-hybridized carbons (Fsp3) is 0.545. The molecule has 0 atom stereocenters. The maximum absolute atomic E-state index is 11.9. The standard InChI is InChI=1S/C11H17N3O3.Na/c1-5-6-7(15)8-9(16)12-11(13(2)3)14(4)10(8)17;/h16H,5-6H2,1-4H3;/q;+1/p-1. The summed E-state index contributed by atoms with van der Waals surface area (Å²) < 4.78 is 1.21. The number of aromatic nitrogens is 2. The van der Waals surface area contributed by atoms with Crippen LogP contribution in [0.15, 0.2) is 4.79 Å². The molecule has 1 heterocycles. The van der Waals surface area contributed by atoms with Gasteiger partial charge in [-0.25, -0.2) is 4.98 Å². The first-order valence-electron chi connectivity index (χ1n) is 5.38. The molecule has 0 spiro atoms. The molecule has 0 aliphatic rings. The molecule has 0 aliphatic heterocycles. The van der Waals surface area contributed by atoms with Crippen molar-refractivity contribution < 1.29 is 39.5 Å². The van der Waals surface area contributed by atoms with Crippen LogP contribution in [0.25, 0.3) is 0 Å². The molecule has 1 aromatic heterocycles. The van der Waals surface area contributed by atoms with Gasteiger partial charge in [0.05, 0.1) is 5.56 Å². The van der Waals surface area contributed by atoms with E-state index in [-0.39, 0.29) is 47.5 Å². The summed E-state index contributed by atoms with van der Waals surface area (Å²) in [6.07, 6.45) is 0.782. The number of carbonyl (C=O) groups is 1. The van der Waals surface area contributed by atoms with Gasteiger partial charge in [-0.3, -0.25) is 14.2 Å². The van der Waals surface area contributed by atoms with Crippen LogP contribution in [0.3, 0.4) is 0 Å². The van der Waals surface area contributed by atoms with E-state index in [0.29, 0.717) is 6.42 Å². The van der Waals surface area contributed by atoms with Crippen molar-refractivity contribution in [2.75, 3.05) is 19.0 Å². The fourth-order valence-electron chi connectivity index (χ4n) is 1.56. The molecule has 1 aromatic rings. The van der Waals surface area contributed by atoms with Crippen LogP contribution in [0.4, 0.5) is 5.95 Å². The predicted molar refractivity (Wildman–Crippen MR) is 62.5 cm³/mol. The molecule has 0 saturated carbocycles. The minimum absolute atomic E-state index is 0. The van der Waals surface area contributed by atoms with Crippen LogP contribution in [0.2, 0.25) is 0 Å². The Kier molecular flexibility index (Phi) is 6.59. The Labute approximate surface area is 128 Å². The molecule has 0 fully saturated rings. The quantitative estimate of drug-likeness (QED) is 0.424. The first-order chi connectivity index (χ1) is 7.90. The number of rotatable bonds is 4. The van der Waals surface area contributed by atoms with Crippen LogP contribution in [-0.4, -0.2) is 29.4 Å². The minimum atomic E-state index is -0.741. The summed E-state index contributed by atoms with van der Waals surface area (Å²) in [6, 6.07) is 0. The third-order valence-electron chi connectivity index (χ3n) is 2.39. The SMILES string of the molecule is CCCC(=O)c1c([O-])nc(N(C)C)n(C)c1=O.[Na+]. The van der Waals surface area contributed by atoms with Crippen LogP contribution in [0.1, 0.15) is 30.1 Å². The summed E-state index contributed by atoms with van der Waals surface area (Å²) in [6.45, 7) is 1.81. The molecule has 0 aliphatic carbocycles. The molecule has 18 heavy (non-hydrogen) atoms. The summed E-state index contributed by atoms with van der Waals surface area (Å²) in [5.74, 6) is -0.931. The molecule has 7 heteroatoms. The van der Waals surface area contributed by atoms with E-state index in [1.165, 1.54) is 11.6 Å². The Morgan fingerprint density at radius 1 is 1.44 bits per heavy atom. The van der Waals surface area contributed by atoms with Crippen molar-refractivity contribution in [3.8, 4) is 5.88 Å². The average Bonchev–Trinajstić information content (AvgIpc) is 2.23. The summed E-state index contributed by atoms with van der Waals surface area (Å²) in [4.78, 5) is 28.9. The predicted octanol–water partition coefficient (Wildman–Crippen LogP) is -3.09. The zero-order valence-corrected chi connectivity index (χ0v) is 13.5. The first-order valence-corrected chi connectivity index (χ1v) is 5.38. The van der Waals surface area contributed by atoms with Gasteiger partial charge in [-0.15, -0.1) is 0 Å². The molecule has 94 valence electrons. The minimum Gasteiger partial charge on any atom is -0.858 e. The van der Waals surface area contributed by atoms with E-state index in [2.05, 4.69) is 4.98 Å². The number of carbonyl (C=O) groups excluding carboxylic acids is 1. The van der Waals surface area contributed by atoms with E-state index >= 15 is 0 Å². The Bertz CT molecular complexity index is 497. The van der Waals surface area contributed by atoms with E-state index in [0.717, 1.165) is 0 Å². The Hall–Kier alpha value is -0.850. The summed E-state index contributed by atoms with van der Waals surface area (Å²) in [5.41, 5.74) is -0.910. The van der Waals surface area contributed by atoms with Gasteiger partial charge in [0.2, 0.25) is 5.95 Å². The van der Waals surface area contributed by atoms with Crippen molar-refractivity contribution in [2.45, 2.75) is 19.8 Å². The second-order valence-corrected chi connectivity index (χ2v) is 4.02. The molecule has 0 amide bonds. The van der Waals surface area contributed by atoms with Crippen molar-refractivity contribution in [3.05, 3.63) is 15.9 Å². The summed E-state index contributed by atoms with van der Waals surface area (Å²) >= 11 is 0. The largest absolute Gasteiger partial charge is 1.00 e. The number of Topliss-reactive ketones (excluding diaryl/α,β-unsaturated/α-hetero) is 1. The number of nitrogens with zero attached hydrogens (tertiary/aromatic N) is 3. The van der Waals surface area contributed by atoms with Crippen molar-refractivity contribution in [1.82, 2.24) is 9.55 Å². The van der Waals surface area contributed by atoms with E-state index in [1.54, 1.807) is 19.0 Å². The second-order valence-electron chi connectivity index (χ2n) is 4.02. The van der Waals surface area contributed by atoms with E-state index in [9.17, 15) is 14.7 Å². The second kappa shape index (κ2) is 6.92. The zero-order valence-electron chi connectivity index (χ0n) is 11.5. The van der Waals surface area contributed by atoms with Gasteiger partial charge in [0.1, 0.15) is 0 Å². The van der Waals surface area contributed by atoms with Crippen molar-refractivity contribution in [1.29, 1.82) is 0 Å². The molecule has 0 bridgehead atoms. The van der Waals surface area contributed by atoms with Crippen LogP contribution in [0, 0.1) is 0 Å². The molecule has 0 radical (unpaired) electrons. The van der Waals surface area contributed by atoms with Crippen molar-refractivity contribution in [2.24, 2.45) is 7.05 Å². The Morgan fingerprint density at radius 2 is 2.00 bits per heavy atom. The van der Waals surface area contributed by atoms with Gasteiger partial charge >= 0.3 is 29.6 Å². The Balaban J connectivity index is 0.00000289. The van der Waals surface area contributed by atoms with E-state index in [4.69, 9.17) is 0 Å². The van der Waals surface area contributed by atoms with Gasteiger partial charge in [-0.05, 0) is 6.42 Å². The molecule has 6 nitrogen and oxygen atoms in total. The third-order valence-corrected chi connectivity index (χ3v) is 2.39. The molecule has 1 rings (SSSR count). The molecular weight excluding hydrogens is 245 g/mol. The molecular formula is C11H16N3NaO3. The van der Waals surface area contributed by atoms with Gasteiger partial charge in [0, 0.05) is 33.4 Å². The number of anilines is 1. The van der Waals surface area contributed by atoms with E-state index < -0.39 is 17.2 Å². The third kappa shape index (κ3) is 3.34. The number of hydrogen-bond acceptors (Lipinski definition) is 5. The van der Waals surface area contributed by atoms with Crippen LogP contribution >= 0.6 is 0 Å². The normalized spacial score (nSPS) is 9.78. The molecule has 0 unspecified atom stereocenters. The summed E-state index contributed by atoms with van der Waals surface area (Å²) in [7, 11) is 4.84. The van der Waals surface area contributed by atoms with Gasteiger partial charge in [0.15, 0.2) is 5.78 Å². The topological polar surface area (TPSA) is 78.3 Å². The van der Waals surface area contributed by atoms with E-state index in [1.807, 2.05) is 6.92 Å². The van der Waals surface area contributed by atoms with Crippen molar-refractivity contribution >= 4 is 11.7 Å². The van der Waals surface area contributed by atoms with Gasteiger partial charge in [-0.2, -0.15) is 0 Å². The maximum atomic E-state index is 11.9. The Morgan fingerprint density at radius 3 is 2.44 bits per heavy atom. The van der Waals surface area contributed by atoms with Gasteiger partial charge < -0.3 is 10.0 Å². The molecule has 0 N–H and O–H groups in total. The fourth-order valence-corrected chi connectivity index (χ4v) is 1.56. The van der Waals surface area contributed by atoms with Crippen molar-refractivity contribution in [3.63, 3.8) is 0 Å². The smallest absolute Gasteiger partial charge is 0.858 e. The monoisotopic (exact) mass is 261 g/mol.